The molecule has 1 amide bonds. The van der Waals surface area contributed by atoms with E-state index in [2.05, 4.69) is 24.1 Å². The van der Waals surface area contributed by atoms with E-state index in [0.717, 1.165) is 25.4 Å². The van der Waals surface area contributed by atoms with E-state index in [1.165, 1.54) is 32.2 Å². The first-order chi connectivity index (χ1) is 9.36. The lowest BCUT2D eigenvalue weighted by Gasteiger charge is -2.39. The molecule has 1 rings (SSSR count). The quantitative estimate of drug-likeness (QED) is 0.809. The van der Waals surface area contributed by atoms with Crippen LogP contribution in [0.2, 0.25) is 0 Å². The highest BCUT2D eigenvalue weighted by Crippen LogP contribution is 2.23. The average molecular weight is 282 g/mol. The predicted molar refractivity (Wildman–Crippen MR) is 85.7 cm³/mol. The molecule has 3 nitrogen and oxygen atoms in total. The maximum Gasteiger partial charge on any atom is 0.225 e. The van der Waals surface area contributed by atoms with Crippen LogP contribution in [0.4, 0.5) is 0 Å². The van der Waals surface area contributed by atoms with Gasteiger partial charge in [0.1, 0.15) is 0 Å². The fraction of sp³-hybridized carbons (Fsp3) is 0.941. The van der Waals surface area contributed by atoms with Crippen molar-refractivity contribution in [1.82, 2.24) is 10.2 Å². The molecule has 2 unspecified atom stereocenters. The second-order valence-electron chi connectivity index (χ2n) is 7.42. The molecule has 0 aromatic carbocycles. The Morgan fingerprint density at radius 2 is 1.90 bits per heavy atom. The fourth-order valence-electron chi connectivity index (χ4n) is 3.01. The highest BCUT2D eigenvalue weighted by atomic mass is 16.2. The molecule has 0 bridgehead atoms. The predicted octanol–water partition coefficient (Wildman–Crippen LogP) is 3.44. The molecule has 1 N–H and O–H groups in total. The van der Waals surface area contributed by atoms with E-state index < -0.39 is 0 Å². The van der Waals surface area contributed by atoms with Gasteiger partial charge >= 0.3 is 0 Å². The van der Waals surface area contributed by atoms with Crippen molar-refractivity contribution in [3.05, 3.63) is 0 Å². The van der Waals surface area contributed by atoms with Gasteiger partial charge in [0.15, 0.2) is 0 Å². The van der Waals surface area contributed by atoms with E-state index in [4.69, 9.17) is 0 Å². The first kappa shape index (κ1) is 17.5. The SMILES string of the molecule is CCCCC1CC(NC(=O)C(C)(C)C)CN(CCC)C1. The summed E-state index contributed by atoms with van der Waals surface area (Å²) >= 11 is 0. The Labute approximate surface area is 125 Å². The molecule has 0 aliphatic carbocycles. The Bertz CT molecular complexity index is 296. The van der Waals surface area contributed by atoms with Gasteiger partial charge < -0.3 is 10.2 Å². The molecule has 0 aromatic rings. The van der Waals surface area contributed by atoms with Crippen molar-refractivity contribution in [2.45, 2.75) is 72.8 Å². The molecule has 1 aliphatic heterocycles. The molecular weight excluding hydrogens is 248 g/mol. The van der Waals surface area contributed by atoms with Crippen LogP contribution in [-0.2, 0) is 4.79 Å². The zero-order valence-electron chi connectivity index (χ0n) is 14.2. The number of nitrogens with one attached hydrogen (secondary N) is 1. The lowest BCUT2D eigenvalue weighted by molar-refractivity contribution is -0.129. The summed E-state index contributed by atoms with van der Waals surface area (Å²) in [5, 5.41) is 3.27. The Balaban J connectivity index is 2.57. The lowest BCUT2D eigenvalue weighted by Crippen LogP contribution is -2.52. The molecule has 0 radical (unpaired) electrons. The van der Waals surface area contributed by atoms with E-state index in [9.17, 15) is 4.79 Å². The first-order valence-corrected chi connectivity index (χ1v) is 8.40. The third kappa shape index (κ3) is 5.82. The monoisotopic (exact) mass is 282 g/mol. The number of carbonyl (C=O) groups excluding carboxylic acids is 1. The van der Waals surface area contributed by atoms with Gasteiger partial charge in [-0.1, -0.05) is 47.5 Å². The van der Waals surface area contributed by atoms with Crippen molar-refractivity contribution in [3.63, 3.8) is 0 Å². The lowest BCUT2D eigenvalue weighted by atomic mass is 9.88. The van der Waals surface area contributed by atoms with Crippen LogP contribution in [0.3, 0.4) is 0 Å². The molecule has 2 atom stereocenters. The molecule has 3 heteroatoms. The van der Waals surface area contributed by atoms with Crippen molar-refractivity contribution >= 4 is 5.91 Å². The van der Waals surface area contributed by atoms with E-state index in [0.29, 0.717) is 6.04 Å². The molecule has 0 saturated carbocycles. The van der Waals surface area contributed by atoms with Gasteiger partial charge in [-0.2, -0.15) is 0 Å². The minimum atomic E-state index is -0.286. The maximum absolute atomic E-state index is 12.2. The molecule has 1 saturated heterocycles. The number of carbonyl (C=O) groups is 1. The largest absolute Gasteiger partial charge is 0.352 e. The van der Waals surface area contributed by atoms with Crippen molar-refractivity contribution in [2.24, 2.45) is 11.3 Å². The number of amides is 1. The van der Waals surface area contributed by atoms with E-state index in [1.807, 2.05) is 20.8 Å². The van der Waals surface area contributed by atoms with Crippen LogP contribution >= 0.6 is 0 Å². The normalized spacial score (nSPS) is 24.6. The zero-order chi connectivity index (χ0) is 15.2. The fourth-order valence-corrected chi connectivity index (χ4v) is 3.01. The summed E-state index contributed by atoms with van der Waals surface area (Å²) in [6, 6.07) is 0.337. The van der Waals surface area contributed by atoms with Crippen molar-refractivity contribution in [2.75, 3.05) is 19.6 Å². The second-order valence-corrected chi connectivity index (χ2v) is 7.42. The molecule has 1 aliphatic rings. The van der Waals surface area contributed by atoms with Gasteiger partial charge in [-0.25, -0.2) is 0 Å². The summed E-state index contributed by atoms with van der Waals surface area (Å²) in [6.45, 7) is 13.9. The summed E-state index contributed by atoms with van der Waals surface area (Å²) in [4.78, 5) is 14.7. The van der Waals surface area contributed by atoms with Crippen LogP contribution < -0.4 is 5.32 Å². The second kappa shape index (κ2) is 8.02. The van der Waals surface area contributed by atoms with Crippen LogP contribution in [0.1, 0.15) is 66.7 Å². The van der Waals surface area contributed by atoms with Crippen molar-refractivity contribution < 1.29 is 4.79 Å². The van der Waals surface area contributed by atoms with E-state index in [1.54, 1.807) is 0 Å². The van der Waals surface area contributed by atoms with Gasteiger partial charge in [0, 0.05) is 24.5 Å². The van der Waals surface area contributed by atoms with Gasteiger partial charge in [0.05, 0.1) is 0 Å². The van der Waals surface area contributed by atoms with E-state index in [-0.39, 0.29) is 11.3 Å². The average Bonchev–Trinajstić information content (AvgIpc) is 2.35. The van der Waals surface area contributed by atoms with Crippen molar-refractivity contribution in [3.8, 4) is 0 Å². The van der Waals surface area contributed by atoms with Crippen LogP contribution in [0.25, 0.3) is 0 Å². The van der Waals surface area contributed by atoms with Crippen LogP contribution in [0.15, 0.2) is 0 Å². The van der Waals surface area contributed by atoms with Crippen LogP contribution in [0, 0.1) is 11.3 Å². The number of rotatable bonds is 6. The Kier molecular flexibility index (Phi) is 7.01. The molecule has 0 aromatic heterocycles. The van der Waals surface area contributed by atoms with Crippen LogP contribution in [0.5, 0.6) is 0 Å². The first-order valence-electron chi connectivity index (χ1n) is 8.40. The van der Waals surface area contributed by atoms with Gasteiger partial charge in [-0.15, -0.1) is 0 Å². The summed E-state index contributed by atoms with van der Waals surface area (Å²) in [7, 11) is 0. The smallest absolute Gasteiger partial charge is 0.225 e. The highest BCUT2D eigenvalue weighted by molar-refractivity contribution is 5.81. The number of piperidine rings is 1. The molecular formula is C17H34N2O. The molecule has 118 valence electrons. The molecule has 20 heavy (non-hydrogen) atoms. The Hall–Kier alpha value is -0.570. The third-order valence-electron chi connectivity index (χ3n) is 4.13. The number of hydrogen-bond donors (Lipinski definition) is 1. The van der Waals surface area contributed by atoms with Crippen molar-refractivity contribution in [1.29, 1.82) is 0 Å². The summed E-state index contributed by atoms with van der Waals surface area (Å²) in [5.74, 6) is 0.940. The summed E-state index contributed by atoms with van der Waals surface area (Å²) in [5.41, 5.74) is -0.286. The number of nitrogens with zero attached hydrogens (tertiary/aromatic N) is 1. The standard InChI is InChI=1S/C17H34N2O/c1-6-8-9-14-11-15(13-19(12-14)10-7-2)18-16(20)17(3,4)5/h14-15H,6-13H2,1-5H3,(H,18,20). The van der Waals surface area contributed by atoms with Gasteiger partial charge in [0.25, 0.3) is 0 Å². The Morgan fingerprint density at radius 3 is 2.45 bits per heavy atom. The highest BCUT2D eigenvalue weighted by Gasteiger charge is 2.30. The molecule has 1 fully saturated rings. The summed E-state index contributed by atoms with van der Waals surface area (Å²) < 4.78 is 0. The van der Waals surface area contributed by atoms with Gasteiger partial charge in [0.2, 0.25) is 5.91 Å². The number of hydrogen-bond acceptors (Lipinski definition) is 2. The minimum Gasteiger partial charge on any atom is -0.352 e. The maximum atomic E-state index is 12.2. The zero-order valence-corrected chi connectivity index (χ0v) is 14.2. The summed E-state index contributed by atoms with van der Waals surface area (Å²) in [6.07, 6.45) is 6.23. The van der Waals surface area contributed by atoms with E-state index >= 15 is 0 Å². The van der Waals surface area contributed by atoms with Gasteiger partial charge in [-0.05, 0) is 31.7 Å². The topological polar surface area (TPSA) is 32.3 Å². The Morgan fingerprint density at radius 1 is 1.20 bits per heavy atom. The molecule has 0 spiro atoms. The minimum absolute atomic E-state index is 0.190. The third-order valence-corrected chi connectivity index (χ3v) is 4.13. The molecule has 1 heterocycles. The number of unbranched alkanes of at least 4 members (excludes halogenated alkanes) is 1. The van der Waals surface area contributed by atoms with Crippen LogP contribution in [-0.4, -0.2) is 36.5 Å². The number of likely N-dealkylation sites (tertiary alicyclic amines) is 1. The van der Waals surface area contributed by atoms with Gasteiger partial charge in [-0.3, -0.25) is 4.79 Å².